The lowest BCUT2D eigenvalue weighted by Gasteiger charge is -2.20. The van der Waals surface area contributed by atoms with Gasteiger partial charge in [-0.15, -0.1) is 0 Å². The van der Waals surface area contributed by atoms with Crippen LogP contribution < -0.4 is 5.32 Å². The minimum Gasteiger partial charge on any atom is -0.396 e. The van der Waals surface area contributed by atoms with Crippen LogP contribution in [0, 0.1) is 13.8 Å². The van der Waals surface area contributed by atoms with Crippen LogP contribution >= 0.6 is 11.8 Å². The van der Waals surface area contributed by atoms with Crippen LogP contribution in [0.1, 0.15) is 17.7 Å². The smallest absolute Gasteiger partial charge is 0.163 e. The van der Waals surface area contributed by atoms with Crippen LogP contribution in [0.2, 0.25) is 0 Å². The average Bonchev–Trinajstić information content (AvgIpc) is 2.53. The largest absolute Gasteiger partial charge is 0.396 e. The number of nitrogens with one attached hydrogen (secondary N) is 1. The van der Waals surface area contributed by atoms with Crippen LogP contribution in [-0.2, 0) is 0 Å². The van der Waals surface area contributed by atoms with Gasteiger partial charge in [-0.05, 0) is 38.7 Å². The van der Waals surface area contributed by atoms with E-state index in [0.29, 0.717) is 12.2 Å². The number of aliphatic hydroxyl groups is 1. The third-order valence-electron chi connectivity index (χ3n) is 3.50. The van der Waals surface area contributed by atoms with Crippen molar-refractivity contribution in [3.8, 4) is 11.4 Å². The molecule has 2 aromatic heterocycles. The molecule has 0 saturated carbocycles. The lowest BCUT2D eigenvalue weighted by Crippen LogP contribution is -2.25. The topological polar surface area (TPSA) is 70.9 Å². The molecule has 0 amide bonds. The predicted octanol–water partition coefficient (Wildman–Crippen LogP) is 2.68. The summed E-state index contributed by atoms with van der Waals surface area (Å²) in [4.78, 5) is 13.3. The zero-order valence-corrected chi connectivity index (χ0v) is 14.0. The zero-order chi connectivity index (χ0) is 15.9. The number of anilines is 1. The Morgan fingerprint density at radius 1 is 1.32 bits per heavy atom. The van der Waals surface area contributed by atoms with Crippen molar-refractivity contribution >= 4 is 17.6 Å². The molecule has 0 unspecified atom stereocenters. The number of nitrogens with zero attached hydrogens (tertiary/aromatic N) is 3. The highest BCUT2D eigenvalue weighted by Crippen LogP contribution is 2.22. The number of rotatable bonds is 7. The van der Waals surface area contributed by atoms with E-state index in [1.807, 2.05) is 26.0 Å². The summed E-state index contributed by atoms with van der Waals surface area (Å²) in [6.07, 6.45) is 6.26. The van der Waals surface area contributed by atoms with Gasteiger partial charge < -0.3 is 10.4 Å². The van der Waals surface area contributed by atoms with E-state index >= 15 is 0 Å². The van der Waals surface area contributed by atoms with E-state index in [1.54, 1.807) is 24.2 Å². The Morgan fingerprint density at radius 3 is 2.77 bits per heavy atom. The monoisotopic (exact) mass is 318 g/mol. The molecule has 0 fully saturated rings. The Bertz CT molecular complexity index is 601. The zero-order valence-electron chi connectivity index (χ0n) is 13.2. The molecule has 0 radical (unpaired) electrons. The third kappa shape index (κ3) is 4.18. The lowest BCUT2D eigenvalue weighted by molar-refractivity contribution is 0.282. The summed E-state index contributed by atoms with van der Waals surface area (Å²) >= 11 is 1.75. The van der Waals surface area contributed by atoms with Crippen molar-refractivity contribution in [2.24, 2.45) is 0 Å². The van der Waals surface area contributed by atoms with Crippen LogP contribution in [0.4, 0.5) is 5.82 Å². The molecule has 22 heavy (non-hydrogen) atoms. The van der Waals surface area contributed by atoms with Gasteiger partial charge in [-0.3, -0.25) is 4.98 Å². The number of aliphatic hydroxyl groups excluding tert-OH is 1. The van der Waals surface area contributed by atoms with Crippen molar-refractivity contribution in [1.82, 2.24) is 15.0 Å². The number of hydrogen-bond acceptors (Lipinski definition) is 6. The minimum absolute atomic E-state index is 0.163. The van der Waals surface area contributed by atoms with Gasteiger partial charge in [-0.2, -0.15) is 11.8 Å². The molecule has 5 nitrogen and oxygen atoms in total. The molecular formula is C16H22N4OS. The maximum absolute atomic E-state index is 9.21. The molecular weight excluding hydrogens is 296 g/mol. The van der Waals surface area contributed by atoms with Crippen LogP contribution in [0.15, 0.2) is 24.5 Å². The minimum atomic E-state index is 0.163. The molecule has 0 spiro atoms. The highest BCUT2D eigenvalue weighted by atomic mass is 32.2. The van der Waals surface area contributed by atoms with Gasteiger partial charge in [0.15, 0.2) is 5.82 Å². The number of pyridine rings is 1. The van der Waals surface area contributed by atoms with Crippen molar-refractivity contribution in [3.05, 3.63) is 35.8 Å². The van der Waals surface area contributed by atoms with E-state index in [4.69, 9.17) is 0 Å². The van der Waals surface area contributed by atoms with Gasteiger partial charge in [0, 0.05) is 47.6 Å². The molecule has 0 aliphatic heterocycles. The summed E-state index contributed by atoms with van der Waals surface area (Å²) in [5.74, 6) is 2.43. The fraction of sp³-hybridized carbons (Fsp3) is 0.438. The van der Waals surface area contributed by atoms with Gasteiger partial charge in [-0.25, -0.2) is 9.97 Å². The average molecular weight is 318 g/mol. The standard InChI is InChI=1S/C16H22N4OS/c1-11-12(2)18-16(13-5-4-7-17-9-13)20-15(11)19-14(6-8-21)10-22-3/h4-5,7,9,14,21H,6,8,10H2,1-3H3,(H,18,19,20)/t14-/m0/s1. The van der Waals surface area contributed by atoms with Gasteiger partial charge in [-0.1, -0.05) is 0 Å². The number of aromatic nitrogens is 3. The molecule has 1 atom stereocenters. The van der Waals surface area contributed by atoms with Gasteiger partial charge in [0.1, 0.15) is 5.82 Å². The summed E-state index contributed by atoms with van der Waals surface area (Å²) < 4.78 is 0. The SMILES string of the molecule is CSC[C@H](CCO)Nc1nc(-c2cccnc2)nc(C)c1C. The molecule has 2 aromatic rings. The predicted molar refractivity (Wildman–Crippen MR) is 92.2 cm³/mol. The highest BCUT2D eigenvalue weighted by Gasteiger charge is 2.14. The van der Waals surface area contributed by atoms with Crippen molar-refractivity contribution in [3.63, 3.8) is 0 Å². The maximum atomic E-state index is 9.21. The quantitative estimate of drug-likeness (QED) is 0.818. The Hall–Kier alpha value is -1.66. The first kappa shape index (κ1) is 16.7. The molecule has 0 aliphatic rings. The second-order valence-corrected chi connectivity index (χ2v) is 6.07. The molecule has 0 aromatic carbocycles. The second kappa shape index (κ2) is 8.10. The van der Waals surface area contributed by atoms with Crippen LogP contribution in [0.3, 0.4) is 0 Å². The van der Waals surface area contributed by atoms with Crippen molar-refractivity contribution < 1.29 is 5.11 Å². The van der Waals surface area contributed by atoms with Crippen LogP contribution in [-0.4, -0.2) is 44.7 Å². The van der Waals surface area contributed by atoms with Gasteiger partial charge in [0.2, 0.25) is 0 Å². The molecule has 6 heteroatoms. The molecule has 0 saturated heterocycles. The second-order valence-electron chi connectivity index (χ2n) is 5.16. The van der Waals surface area contributed by atoms with E-state index in [0.717, 1.165) is 28.4 Å². The fourth-order valence-corrected chi connectivity index (χ4v) is 2.79. The van der Waals surface area contributed by atoms with Crippen LogP contribution in [0.5, 0.6) is 0 Å². The maximum Gasteiger partial charge on any atom is 0.163 e. The molecule has 0 aliphatic carbocycles. The van der Waals surface area contributed by atoms with Crippen molar-refractivity contribution in [2.45, 2.75) is 26.3 Å². The Labute approximate surface area is 135 Å². The fourth-order valence-electron chi connectivity index (χ4n) is 2.14. The normalized spacial score (nSPS) is 12.2. The van der Waals surface area contributed by atoms with E-state index in [1.165, 1.54) is 0 Å². The lowest BCUT2D eigenvalue weighted by atomic mass is 10.2. The Morgan fingerprint density at radius 2 is 2.14 bits per heavy atom. The van der Waals surface area contributed by atoms with Gasteiger partial charge >= 0.3 is 0 Å². The van der Waals surface area contributed by atoms with E-state index in [2.05, 4.69) is 26.5 Å². The van der Waals surface area contributed by atoms with Gasteiger partial charge in [0.25, 0.3) is 0 Å². The third-order valence-corrected chi connectivity index (χ3v) is 4.23. The van der Waals surface area contributed by atoms with Gasteiger partial charge in [0.05, 0.1) is 0 Å². The first-order chi connectivity index (χ1) is 10.7. The van der Waals surface area contributed by atoms with E-state index in [9.17, 15) is 5.11 Å². The summed E-state index contributed by atoms with van der Waals surface area (Å²) in [5.41, 5.74) is 2.89. The molecule has 0 bridgehead atoms. The van der Waals surface area contributed by atoms with Crippen LogP contribution in [0.25, 0.3) is 11.4 Å². The number of aryl methyl sites for hydroxylation is 1. The molecule has 2 rings (SSSR count). The molecule has 2 N–H and O–H groups in total. The molecule has 118 valence electrons. The Balaban J connectivity index is 2.32. The first-order valence-electron chi connectivity index (χ1n) is 7.27. The number of hydrogen-bond donors (Lipinski definition) is 2. The summed E-state index contributed by atoms with van der Waals surface area (Å²) in [6, 6.07) is 4.02. The van der Waals surface area contributed by atoms with E-state index in [-0.39, 0.29) is 12.6 Å². The number of thioether (sulfide) groups is 1. The molecule has 2 heterocycles. The first-order valence-corrected chi connectivity index (χ1v) is 8.67. The van der Waals surface area contributed by atoms with Crippen molar-refractivity contribution in [1.29, 1.82) is 0 Å². The summed E-state index contributed by atoms with van der Waals surface area (Å²) in [7, 11) is 0. The highest BCUT2D eigenvalue weighted by molar-refractivity contribution is 7.98. The summed E-state index contributed by atoms with van der Waals surface area (Å²) in [6.45, 7) is 4.16. The van der Waals surface area contributed by atoms with E-state index < -0.39 is 0 Å². The summed E-state index contributed by atoms with van der Waals surface area (Å²) in [5, 5.41) is 12.7. The van der Waals surface area contributed by atoms with Crippen molar-refractivity contribution in [2.75, 3.05) is 23.9 Å². The Kier molecular flexibility index (Phi) is 6.15.